The van der Waals surface area contributed by atoms with Crippen molar-refractivity contribution in [2.75, 3.05) is 26.7 Å². The minimum Gasteiger partial charge on any atom is -0.468 e. The maximum Gasteiger partial charge on any atom is 0.410 e. The van der Waals surface area contributed by atoms with Gasteiger partial charge in [0.15, 0.2) is 0 Å². The van der Waals surface area contributed by atoms with Crippen LogP contribution in [-0.2, 0) is 19.1 Å². The lowest BCUT2D eigenvalue weighted by molar-refractivity contribution is -0.148. The van der Waals surface area contributed by atoms with E-state index in [1.165, 1.54) is 16.9 Å². The molecule has 7 heteroatoms. The molecule has 0 saturated carbocycles. The maximum atomic E-state index is 13.1. The van der Waals surface area contributed by atoms with Crippen LogP contribution in [0, 0.1) is 5.92 Å². The van der Waals surface area contributed by atoms with Crippen molar-refractivity contribution in [3.05, 3.63) is 12.2 Å². The van der Waals surface area contributed by atoms with Gasteiger partial charge in [0.1, 0.15) is 18.2 Å². The zero-order valence-corrected chi connectivity index (χ0v) is 15.5. The summed E-state index contributed by atoms with van der Waals surface area (Å²) >= 11 is 0. The largest absolute Gasteiger partial charge is 0.468 e. The van der Waals surface area contributed by atoms with E-state index in [9.17, 15) is 14.4 Å². The Morgan fingerprint density at radius 1 is 1.24 bits per heavy atom. The molecule has 0 radical (unpaired) electrons. The molecule has 0 bridgehead atoms. The molecule has 0 unspecified atom stereocenters. The molecule has 0 aromatic heterocycles. The van der Waals surface area contributed by atoms with Gasteiger partial charge < -0.3 is 14.4 Å². The zero-order valence-electron chi connectivity index (χ0n) is 15.5. The fourth-order valence-electron chi connectivity index (χ4n) is 3.29. The average Bonchev–Trinajstić information content (AvgIpc) is 2.95. The Hall–Kier alpha value is -2.05. The van der Waals surface area contributed by atoms with Crippen molar-refractivity contribution in [1.82, 2.24) is 9.80 Å². The summed E-state index contributed by atoms with van der Waals surface area (Å²) in [6.07, 6.45) is 5.88. The van der Waals surface area contributed by atoms with Crippen molar-refractivity contribution in [2.45, 2.75) is 51.7 Å². The van der Waals surface area contributed by atoms with Crippen LogP contribution in [0.5, 0.6) is 0 Å². The number of rotatable bonds is 2. The summed E-state index contributed by atoms with van der Waals surface area (Å²) in [5.41, 5.74) is -0.621. The van der Waals surface area contributed by atoms with E-state index in [2.05, 4.69) is 0 Å². The average molecular weight is 352 g/mol. The van der Waals surface area contributed by atoms with Crippen LogP contribution in [0.4, 0.5) is 4.79 Å². The van der Waals surface area contributed by atoms with Crippen LogP contribution in [0.2, 0.25) is 0 Å². The normalized spacial score (nSPS) is 25.5. The second-order valence-corrected chi connectivity index (χ2v) is 7.51. The summed E-state index contributed by atoms with van der Waals surface area (Å²) < 4.78 is 10.2. The molecule has 2 atom stereocenters. The predicted molar refractivity (Wildman–Crippen MR) is 91.8 cm³/mol. The first-order valence-corrected chi connectivity index (χ1v) is 8.73. The second-order valence-electron chi connectivity index (χ2n) is 7.51. The minimum atomic E-state index is -0.621. The molecule has 140 valence electrons. The van der Waals surface area contributed by atoms with E-state index >= 15 is 0 Å². The van der Waals surface area contributed by atoms with Crippen molar-refractivity contribution in [1.29, 1.82) is 0 Å². The molecule has 1 fully saturated rings. The molecule has 0 aliphatic carbocycles. The molecular formula is C18H28N2O5. The molecule has 0 spiro atoms. The van der Waals surface area contributed by atoms with Gasteiger partial charge in [-0.1, -0.05) is 12.2 Å². The van der Waals surface area contributed by atoms with Gasteiger partial charge in [0, 0.05) is 13.1 Å². The number of carbonyl (C=O) groups excluding carboxylic acids is 3. The highest BCUT2D eigenvalue weighted by atomic mass is 16.6. The van der Waals surface area contributed by atoms with Crippen LogP contribution >= 0.6 is 0 Å². The first-order chi connectivity index (χ1) is 11.7. The Balaban J connectivity index is 2.23. The van der Waals surface area contributed by atoms with Crippen LogP contribution < -0.4 is 0 Å². The summed E-state index contributed by atoms with van der Waals surface area (Å²) in [5, 5.41) is 0. The molecular weight excluding hydrogens is 324 g/mol. The molecule has 2 aliphatic heterocycles. The number of hydrogen-bond donors (Lipinski definition) is 0. The summed E-state index contributed by atoms with van der Waals surface area (Å²) in [6.45, 7) is 6.11. The van der Waals surface area contributed by atoms with Crippen LogP contribution in [0.25, 0.3) is 0 Å². The lowest BCUT2D eigenvalue weighted by atomic mass is 9.94. The molecule has 25 heavy (non-hydrogen) atoms. The maximum absolute atomic E-state index is 13.1. The Kier molecular flexibility index (Phi) is 6.08. The first-order valence-electron chi connectivity index (χ1n) is 8.73. The van der Waals surface area contributed by atoms with E-state index in [1.807, 2.05) is 12.2 Å². The molecule has 2 amide bonds. The van der Waals surface area contributed by atoms with Gasteiger partial charge in [0.25, 0.3) is 0 Å². The standard InChI is InChI=1S/C18H28N2O5/c1-18(2,3)25-17(23)20-11-9-13-8-6-5-7-10-19(12-14(21)24-4)16(22)15(13)20/h5,7,13,15H,6,8-12H2,1-4H3/b7-5-/t13-,15-/m0/s1. The van der Waals surface area contributed by atoms with Gasteiger partial charge in [-0.3, -0.25) is 14.5 Å². The van der Waals surface area contributed by atoms with Gasteiger partial charge in [-0.2, -0.15) is 0 Å². The molecule has 2 heterocycles. The van der Waals surface area contributed by atoms with E-state index in [-0.39, 0.29) is 18.4 Å². The molecule has 0 aromatic rings. The molecule has 0 N–H and O–H groups in total. The van der Waals surface area contributed by atoms with E-state index in [0.717, 1.165) is 19.3 Å². The number of methoxy groups -OCH3 is 1. The number of nitrogens with zero attached hydrogens (tertiary/aromatic N) is 2. The molecule has 0 aromatic carbocycles. The van der Waals surface area contributed by atoms with Gasteiger partial charge in [-0.25, -0.2) is 4.79 Å². The Labute approximate surface area is 148 Å². The molecule has 2 rings (SSSR count). The number of esters is 1. The zero-order chi connectivity index (χ0) is 18.6. The van der Waals surface area contributed by atoms with Crippen molar-refractivity contribution in [2.24, 2.45) is 5.92 Å². The Morgan fingerprint density at radius 2 is 1.96 bits per heavy atom. The van der Waals surface area contributed by atoms with Crippen molar-refractivity contribution in [3.8, 4) is 0 Å². The third kappa shape index (κ3) is 4.96. The van der Waals surface area contributed by atoms with Crippen molar-refractivity contribution >= 4 is 18.0 Å². The summed E-state index contributed by atoms with van der Waals surface area (Å²) in [7, 11) is 1.30. The Morgan fingerprint density at radius 3 is 2.60 bits per heavy atom. The first kappa shape index (κ1) is 19.3. The number of carbonyl (C=O) groups is 3. The number of amides is 2. The summed E-state index contributed by atoms with van der Waals surface area (Å²) in [4.78, 5) is 40.3. The van der Waals surface area contributed by atoms with Crippen LogP contribution in [0.3, 0.4) is 0 Å². The lowest BCUT2D eigenvalue weighted by Crippen LogP contribution is -2.52. The van der Waals surface area contributed by atoms with E-state index in [1.54, 1.807) is 20.8 Å². The highest BCUT2D eigenvalue weighted by Crippen LogP contribution is 2.32. The third-order valence-corrected chi connectivity index (χ3v) is 4.46. The van der Waals surface area contributed by atoms with Crippen LogP contribution in [-0.4, -0.2) is 66.2 Å². The van der Waals surface area contributed by atoms with E-state index in [4.69, 9.17) is 9.47 Å². The van der Waals surface area contributed by atoms with Gasteiger partial charge >= 0.3 is 12.1 Å². The van der Waals surface area contributed by atoms with E-state index in [0.29, 0.717) is 13.1 Å². The quantitative estimate of drug-likeness (QED) is 0.561. The van der Waals surface area contributed by atoms with Crippen molar-refractivity contribution in [3.63, 3.8) is 0 Å². The SMILES string of the molecule is COC(=O)CN1C/C=C\CC[C@H]2CCN(C(=O)OC(C)(C)C)[C@@H]2C1=O. The Bertz CT molecular complexity index is 552. The van der Waals surface area contributed by atoms with Gasteiger partial charge in [-0.15, -0.1) is 0 Å². The fraction of sp³-hybridized carbons (Fsp3) is 0.722. The number of allylic oxidation sites excluding steroid dienone is 1. The molecule has 7 nitrogen and oxygen atoms in total. The highest BCUT2D eigenvalue weighted by Gasteiger charge is 2.45. The summed E-state index contributed by atoms with van der Waals surface area (Å²) in [6, 6.07) is -0.584. The highest BCUT2D eigenvalue weighted by molar-refractivity contribution is 5.89. The topological polar surface area (TPSA) is 76.2 Å². The van der Waals surface area contributed by atoms with Crippen LogP contribution in [0.1, 0.15) is 40.0 Å². The van der Waals surface area contributed by atoms with Gasteiger partial charge in [0.2, 0.25) is 5.91 Å². The lowest BCUT2D eigenvalue weighted by Gasteiger charge is -2.32. The summed E-state index contributed by atoms with van der Waals surface area (Å²) in [5.74, 6) is -0.618. The molecule has 1 saturated heterocycles. The predicted octanol–water partition coefficient (Wildman–Crippen LogP) is 1.96. The number of hydrogen-bond acceptors (Lipinski definition) is 5. The minimum absolute atomic E-state index is 0.0721. The second kappa shape index (κ2) is 7.89. The number of ether oxygens (including phenoxy) is 2. The number of likely N-dealkylation sites (tertiary alicyclic amines) is 1. The smallest absolute Gasteiger partial charge is 0.410 e. The van der Waals surface area contributed by atoms with E-state index < -0.39 is 23.7 Å². The fourth-order valence-corrected chi connectivity index (χ4v) is 3.29. The van der Waals surface area contributed by atoms with Gasteiger partial charge in [0.05, 0.1) is 7.11 Å². The van der Waals surface area contributed by atoms with Gasteiger partial charge in [-0.05, 0) is 46.0 Å². The monoisotopic (exact) mass is 352 g/mol. The van der Waals surface area contributed by atoms with Crippen LogP contribution in [0.15, 0.2) is 12.2 Å². The molecule has 2 aliphatic rings. The third-order valence-electron chi connectivity index (χ3n) is 4.46. The van der Waals surface area contributed by atoms with Crippen molar-refractivity contribution < 1.29 is 23.9 Å². The number of fused-ring (bicyclic) bond motifs is 1.